The molecule has 0 spiro atoms. The topological polar surface area (TPSA) is 80.3 Å². The van der Waals surface area contributed by atoms with Crippen molar-refractivity contribution in [2.24, 2.45) is 40.4 Å². The Morgan fingerprint density at radius 1 is 0.811 bits per heavy atom. The van der Waals surface area contributed by atoms with Gasteiger partial charge >= 0.3 is 5.97 Å². The van der Waals surface area contributed by atoms with Crippen LogP contribution in [0, 0.1) is 40.4 Å². The van der Waals surface area contributed by atoms with Crippen LogP contribution in [0.4, 0.5) is 0 Å². The van der Waals surface area contributed by atoms with Gasteiger partial charge in [-0.15, -0.1) is 0 Å². The molecule has 212 valence electrons. The van der Waals surface area contributed by atoms with E-state index in [1.165, 1.54) is 32.1 Å². The zero-order valence-electron chi connectivity index (χ0n) is 23.9. The van der Waals surface area contributed by atoms with Crippen LogP contribution in [-0.2, 0) is 33.3 Å². The maximum atomic E-state index is 12.4. The van der Waals surface area contributed by atoms with Crippen LogP contribution in [0.1, 0.15) is 85.5 Å². The maximum Gasteiger partial charge on any atom is 0.334 e. The largest absolute Gasteiger partial charge is 0.437 e. The zero-order chi connectivity index (χ0) is 26.7. The van der Waals surface area contributed by atoms with Gasteiger partial charge in [0, 0.05) is 13.0 Å². The summed E-state index contributed by atoms with van der Waals surface area (Å²) >= 11 is 0. The number of carbonyl (C=O) groups is 2. The van der Waals surface area contributed by atoms with Gasteiger partial charge in [-0.1, -0.05) is 13.8 Å². The van der Waals surface area contributed by atoms with Gasteiger partial charge in [0.25, 0.3) is 0 Å². The van der Waals surface area contributed by atoms with Crippen LogP contribution in [0.5, 0.6) is 0 Å². The second-order valence-electron chi connectivity index (χ2n) is 13.0. The molecule has 0 aromatic heterocycles. The molecule has 0 amide bonds. The Bertz CT molecular complexity index is 801. The summed E-state index contributed by atoms with van der Waals surface area (Å²) in [6, 6.07) is 0. The molecule has 0 unspecified atom stereocenters. The monoisotopic (exact) mass is 522 g/mol. The molecule has 37 heavy (non-hydrogen) atoms. The van der Waals surface area contributed by atoms with Gasteiger partial charge in [0.2, 0.25) is 0 Å². The molecule has 0 radical (unpaired) electrons. The summed E-state index contributed by atoms with van der Waals surface area (Å²) in [6.45, 7) is 10.7. The average molecular weight is 523 g/mol. The molecule has 4 rings (SSSR count). The third kappa shape index (κ3) is 6.10. The van der Waals surface area contributed by atoms with Crippen LogP contribution in [0.3, 0.4) is 0 Å². The molecule has 4 fully saturated rings. The number of Topliss-reactive ketones (excluding diaryl/α,β-unsaturated/α-hetero) is 1. The third-order valence-corrected chi connectivity index (χ3v) is 11.1. The van der Waals surface area contributed by atoms with E-state index in [1.807, 2.05) is 6.92 Å². The quantitative estimate of drug-likeness (QED) is 0.198. The normalized spacial score (nSPS) is 40.9. The number of hydrogen-bond acceptors (Lipinski definition) is 7. The van der Waals surface area contributed by atoms with Crippen molar-refractivity contribution in [2.45, 2.75) is 91.1 Å². The van der Waals surface area contributed by atoms with E-state index < -0.39 is 5.97 Å². The van der Waals surface area contributed by atoms with Crippen molar-refractivity contribution in [3.8, 4) is 0 Å². The van der Waals surface area contributed by atoms with Crippen LogP contribution in [0.15, 0.2) is 0 Å². The summed E-state index contributed by atoms with van der Waals surface area (Å²) in [5.74, 6) is 3.14. The minimum absolute atomic E-state index is 0.0224. The molecule has 0 saturated heterocycles. The van der Waals surface area contributed by atoms with Gasteiger partial charge < -0.3 is 23.7 Å². The van der Waals surface area contributed by atoms with Gasteiger partial charge in [0.15, 0.2) is 6.79 Å². The van der Waals surface area contributed by atoms with E-state index in [2.05, 4.69) is 20.8 Å². The van der Waals surface area contributed by atoms with E-state index in [1.54, 1.807) is 7.11 Å². The molecule has 7 nitrogen and oxygen atoms in total. The molecule has 4 aliphatic carbocycles. The van der Waals surface area contributed by atoms with Crippen LogP contribution in [0.2, 0.25) is 0 Å². The molecule has 0 aromatic carbocycles. The van der Waals surface area contributed by atoms with Crippen molar-refractivity contribution in [1.82, 2.24) is 0 Å². The zero-order valence-corrected chi connectivity index (χ0v) is 23.9. The lowest BCUT2D eigenvalue weighted by atomic mass is 9.44. The Labute approximate surface area is 223 Å². The van der Waals surface area contributed by atoms with E-state index in [-0.39, 0.29) is 30.3 Å². The van der Waals surface area contributed by atoms with E-state index >= 15 is 0 Å². The van der Waals surface area contributed by atoms with E-state index in [4.69, 9.17) is 23.7 Å². The smallest absolute Gasteiger partial charge is 0.334 e. The predicted octanol–water partition coefficient (Wildman–Crippen LogP) is 5.19. The Balaban J connectivity index is 1.23. The average Bonchev–Trinajstić information content (AvgIpc) is 3.21. The Hall–Kier alpha value is -1.02. The number of methoxy groups -OCH3 is 1. The summed E-state index contributed by atoms with van der Waals surface area (Å²) in [4.78, 5) is 24.4. The van der Waals surface area contributed by atoms with Crippen LogP contribution >= 0.6 is 0 Å². The Morgan fingerprint density at radius 2 is 1.54 bits per heavy atom. The Morgan fingerprint density at radius 3 is 2.30 bits per heavy atom. The second-order valence-corrected chi connectivity index (χ2v) is 13.0. The summed E-state index contributed by atoms with van der Waals surface area (Å²) in [5.41, 5.74) is 0.300. The molecule has 4 aliphatic rings. The first-order chi connectivity index (χ1) is 17.6. The first-order valence-corrected chi connectivity index (χ1v) is 14.6. The minimum atomic E-state index is -0.410. The fraction of sp³-hybridized carbons (Fsp3) is 0.933. The van der Waals surface area contributed by atoms with Crippen molar-refractivity contribution in [2.75, 3.05) is 46.9 Å². The van der Waals surface area contributed by atoms with Crippen LogP contribution in [0.25, 0.3) is 0 Å². The molecule has 4 saturated carbocycles. The minimum Gasteiger partial charge on any atom is -0.437 e. The molecule has 0 N–H and O–H groups in total. The summed E-state index contributed by atoms with van der Waals surface area (Å²) in [6.07, 6.45) is 10.5. The van der Waals surface area contributed by atoms with Crippen molar-refractivity contribution >= 4 is 11.8 Å². The molecular formula is C30H50O7. The third-order valence-electron chi connectivity index (χ3n) is 11.1. The van der Waals surface area contributed by atoms with Gasteiger partial charge in [-0.05, 0) is 106 Å². The lowest BCUT2D eigenvalue weighted by Crippen LogP contribution is -2.56. The lowest BCUT2D eigenvalue weighted by Gasteiger charge is -2.62. The molecule has 8 atom stereocenters. The van der Waals surface area contributed by atoms with Gasteiger partial charge in [-0.2, -0.15) is 0 Å². The summed E-state index contributed by atoms with van der Waals surface area (Å²) in [5, 5.41) is 0. The molecule has 0 aliphatic heterocycles. The van der Waals surface area contributed by atoms with Crippen molar-refractivity contribution < 1.29 is 33.3 Å². The number of esters is 1. The number of ether oxygens (including phenoxy) is 5. The van der Waals surface area contributed by atoms with Gasteiger partial charge in [-0.3, -0.25) is 4.79 Å². The van der Waals surface area contributed by atoms with Crippen LogP contribution < -0.4 is 0 Å². The highest BCUT2D eigenvalue weighted by atomic mass is 16.7. The lowest BCUT2D eigenvalue weighted by molar-refractivity contribution is -0.200. The second kappa shape index (κ2) is 12.0. The van der Waals surface area contributed by atoms with E-state index in [9.17, 15) is 9.59 Å². The van der Waals surface area contributed by atoms with Gasteiger partial charge in [-0.25, -0.2) is 4.79 Å². The van der Waals surface area contributed by atoms with Crippen molar-refractivity contribution in [3.05, 3.63) is 0 Å². The number of ketones is 1. The molecule has 0 heterocycles. The first kappa shape index (κ1) is 29.0. The number of hydrogen-bond donors (Lipinski definition) is 0. The molecule has 7 heteroatoms. The molecule has 0 bridgehead atoms. The number of carbonyl (C=O) groups excluding carboxylic acids is 2. The van der Waals surface area contributed by atoms with Gasteiger partial charge in [0.1, 0.15) is 12.4 Å². The Kier molecular flexibility index (Phi) is 9.41. The predicted molar refractivity (Wildman–Crippen MR) is 140 cm³/mol. The summed E-state index contributed by atoms with van der Waals surface area (Å²) < 4.78 is 27.1. The SMILES string of the molecule is COCCOCCOCC(=O)OCO[C@]1(C)CC[C@@]2(C)[C@@H](CC[C@@H]3[C@@H]2CC[C@]2(C)[C@@H](C(C)=O)CC[C@@H]32)C1. The standard InChI is InChI=1S/C30H50O7/c1-21(31)24-8-9-25-23-7-6-22-18-28(2,12-13-29(22,3)26(23)10-11-30(24,25)4)37-20-36-27(32)19-35-17-16-34-15-14-33-5/h22-26H,6-20H2,1-5H3/t22-,23-,24+,25-,26-,28+,29-,30+/m0/s1. The fourth-order valence-corrected chi connectivity index (χ4v) is 9.01. The highest BCUT2D eigenvalue weighted by Gasteiger charge is 2.61. The van der Waals surface area contributed by atoms with Gasteiger partial charge in [0.05, 0.1) is 32.0 Å². The molecular weight excluding hydrogens is 472 g/mol. The van der Waals surface area contributed by atoms with Crippen LogP contribution in [-0.4, -0.2) is 64.3 Å². The highest BCUT2D eigenvalue weighted by molar-refractivity contribution is 5.79. The summed E-state index contributed by atoms with van der Waals surface area (Å²) in [7, 11) is 1.63. The maximum absolute atomic E-state index is 12.4. The van der Waals surface area contributed by atoms with Crippen molar-refractivity contribution in [1.29, 1.82) is 0 Å². The van der Waals surface area contributed by atoms with E-state index in [0.29, 0.717) is 49.5 Å². The van der Waals surface area contributed by atoms with Crippen molar-refractivity contribution in [3.63, 3.8) is 0 Å². The van der Waals surface area contributed by atoms with E-state index in [0.717, 1.165) is 37.5 Å². The number of rotatable bonds is 12. The highest BCUT2D eigenvalue weighted by Crippen LogP contribution is 2.68. The number of fused-ring (bicyclic) bond motifs is 5. The molecule has 0 aromatic rings. The fourth-order valence-electron chi connectivity index (χ4n) is 9.01. The first-order valence-electron chi connectivity index (χ1n) is 14.6.